The fraction of sp³-hybridized carbons (Fsp3) is 0.364. The molecule has 0 fully saturated rings. The van der Waals surface area contributed by atoms with Gasteiger partial charge in [-0.3, -0.25) is 4.79 Å². The third kappa shape index (κ3) is 3.27. The normalized spacial score (nSPS) is 11.7. The molecule has 3 N–H and O–H groups in total. The number of rotatable bonds is 3. The Morgan fingerprint density at radius 2 is 1.94 bits per heavy atom. The van der Waals surface area contributed by atoms with Crippen LogP contribution in [0, 0.1) is 12.7 Å². The quantitative estimate of drug-likeness (QED) is 0.859. The minimum Gasteiger partial charge on any atom is -0.350 e. The van der Waals surface area contributed by atoms with Gasteiger partial charge in [0.1, 0.15) is 5.82 Å². The lowest BCUT2D eigenvalue weighted by Crippen LogP contribution is -2.31. The van der Waals surface area contributed by atoms with Gasteiger partial charge in [-0.15, -0.1) is 0 Å². The summed E-state index contributed by atoms with van der Waals surface area (Å²) in [6.07, 6.45) is 0. The van der Waals surface area contributed by atoms with E-state index in [4.69, 9.17) is 5.14 Å². The summed E-state index contributed by atoms with van der Waals surface area (Å²) in [4.78, 5) is 11.4. The zero-order chi connectivity index (χ0) is 14.1. The van der Waals surface area contributed by atoms with Crippen LogP contribution >= 0.6 is 0 Å². The highest BCUT2D eigenvalue weighted by Crippen LogP contribution is 2.20. The lowest BCUT2D eigenvalue weighted by atomic mass is 10.1. The van der Waals surface area contributed by atoms with Crippen LogP contribution < -0.4 is 10.5 Å². The van der Waals surface area contributed by atoms with Crippen molar-refractivity contribution < 1.29 is 17.6 Å². The maximum absolute atomic E-state index is 13.3. The summed E-state index contributed by atoms with van der Waals surface area (Å²) in [7, 11) is -4.06. The maximum atomic E-state index is 13.3. The lowest BCUT2D eigenvalue weighted by molar-refractivity contribution is 0.0941. The first-order valence-corrected chi connectivity index (χ1v) is 6.81. The van der Waals surface area contributed by atoms with Gasteiger partial charge in [-0.25, -0.2) is 17.9 Å². The molecule has 100 valence electrons. The second-order valence-electron chi connectivity index (χ2n) is 4.25. The molecule has 0 unspecified atom stereocenters. The molecule has 0 saturated heterocycles. The SMILES string of the molecule is Cc1c(C(=O)NC(C)C)cc(F)cc1S(N)(=O)=O. The second-order valence-corrected chi connectivity index (χ2v) is 5.78. The van der Waals surface area contributed by atoms with E-state index in [1.54, 1.807) is 13.8 Å². The Labute approximate surface area is 105 Å². The van der Waals surface area contributed by atoms with Crippen LogP contribution in [-0.2, 0) is 10.0 Å². The van der Waals surface area contributed by atoms with Gasteiger partial charge in [0.2, 0.25) is 10.0 Å². The Kier molecular flexibility index (Phi) is 4.08. The number of primary sulfonamides is 1. The van der Waals surface area contributed by atoms with E-state index in [0.29, 0.717) is 0 Å². The van der Waals surface area contributed by atoms with Crippen LogP contribution in [0.25, 0.3) is 0 Å². The van der Waals surface area contributed by atoms with E-state index in [0.717, 1.165) is 12.1 Å². The molecular weight excluding hydrogens is 259 g/mol. The Hall–Kier alpha value is -1.47. The van der Waals surface area contributed by atoms with Gasteiger partial charge in [-0.05, 0) is 38.5 Å². The monoisotopic (exact) mass is 274 g/mol. The molecule has 0 heterocycles. The molecule has 18 heavy (non-hydrogen) atoms. The van der Waals surface area contributed by atoms with E-state index in [9.17, 15) is 17.6 Å². The van der Waals surface area contributed by atoms with Crippen molar-refractivity contribution in [2.45, 2.75) is 31.7 Å². The topological polar surface area (TPSA) is 89.3 Å². The number of benzene rings is 1. The van der Waals surface area contributed by atoms with Crippen molar-refractivity contribution >= 4 is 15.9 Å². The van der Waals surface area contributed by atoms with E-state index in [1.807, 2.05) is 0 Å². The number of hydrogen-bond acceptors (Lipinski definition) is 3. The molecule has 1 rings (SSSR count). The van der Waals surface area contributed by atoms with Crippen LogP contribution in [0.2, 0.25) is 0 Å². The second kappa shape index (κ2) is 5.03. The Bertz CT molecular complexity index is 582. The van der Waals surface area contributed by atoms with Crippen LogP contribution in [0.15, 0.2) is 17.0 Å². The smallest absolute Gasteiger partial charge is 0.251 e. The summed E-state index contributed by atoms with van der Waals surface area (Å²) < 4.78 is 35.9. The highest BCUT2D eigenvalue weighted by atomic mass is 32.2. The van der Waals surface area contributed by atoms with E-state index in [-0.39, 0.29) is 22.1 Å². The third-order valence-corrected chi connectivity index (χ3v) is 3.33. The molecule has 0 aromatic heterocycles. The Morgan fingerprint density at radius 1 is 1.39 bits per heavy atom. The van der Waals surface area contributed by atoms with Crippen LogP contribution in [0.1, 0.15) is 29.8 Å². The lowest BCUT2D eigenvalue weighted by Gasteiger charge is -2.12. The largest absolute Gasteiger partial charge is 0.350 e. The van der Waals surface area contributed by atoms with Crippen LogP contribution in [0.5, 0.6) is 0 Å². The van der Waals surface area contributed by atoms with Crippen LogP contribution in [0.3, 0.4) is 0 Å². The number of amides is 1. The van der Waals surface area contributed by atoms with Crippen molar-refractivity contribution in [1.29, 1.82) is 0 Å². The number of carbonyl (C=O) groups is 1. The Morgan fingerprint density at radius 3 is 2.39 bits per heavy atom. The minimum atomic E-state index is -4.06. The fourth-order valence-electron chi connectivity index (χ4n) is 1.53. The van der Waals surface area contributed by atoms with E-state index in [1.165, 1.54) is 6.92 Å². The molecule has 0 radical (unpaired) electrons. The predicted molar refractivity (Wildman–Crippen MR) is 65.1 cm³/mol. The zero-order valence-corrected chi connectivity index (χ0v) is 11.1. The van der Waals surface area contributed by atoms with Crippen molar-refractivity contribution in [3.05, 3.63) is 29.1 Å². The van der Waals surface area contributed by atoms with Gasteiger partial charge in [-0.2, -0.15) is 0 Å². The van der Waals surface area contributed by atoms with Gasteiger partial charge in [0, 0.05) is 11.6 Å². The summed E-state index contributed by atoms with van der Waals surface area (Å²) in [6, 6.07) is 1.65. The van der Waals surface area contributed by atoms with Crippen molar-refractivity contribution in [3.8, 4) is 0 Å². The highest BCUT2D eigenvalue weighted by molar-refractivity contribution is 7.89. The molecule has 7 heteroatoms. The summed E-state index contributed by atoms with van der Waals surface area (Å²) in [5.74, 6) is -1.36. The van der Waals surface area contributed by atoms with Crippen molar-refractivity contribution in [3.63, 3.8) is 0 Å². The van der Waals surface area contributed by atoms with Crippen LogP contribution in [0.4, 0.5) is 4.39 Å². The number of nitrogens with two attached hydrogens (primary N) is 1. The standard InChI is InChI=1S/C11H15FN2O3S/c1-6(2)14-11(15)9-4-8(12)5-10(7(9)3)18(13,16)17/h4-6H,1-3H3,(H,14,15)(H2,13,16,17). The number of halogens is 1. The number of hydrogen-bond donors (Lipinski definition) is 2. The Balaban J connectivity index is 3.39. The molecule has 0 aliphatic heterocycles. The minimum absolute atomic E-state index is 0.0345. The maximum Gasteiger partial charge on any atom is 0.251 e. The van der Waals surface area contributed by atoms with E-state index < -0.39 is 21.7 Å². The van der Waals surface area contributed by atoms with Gasteiger partial charge in [-0.1, -0.05) is 0 Å². The van der Waals surface area contributed by atoms with Gasteiger partial charge in [0.25, 0.3) is 5.91 Å². The predicted octanol–water partition coefficient (Wildman–Crippen LogP) is 0.920. The molecule has 1 aromatic carbocycles. The van der Waals surface area contributed by atoms with Crippen LogP contribution in [-0.4, -0.2) is 20.4 Å². The molecule has 0 saturated carbocycles. The average molecular weight is 274 g/mol. The van der Waals surface area contributed by atoms with Gasteiger partial charge in [0.15, 0.2) is 0 Å². The molecule has 1 amide bonds. The summed E-state index contributed by atoms with van der Waals surface area (Å²) in [5, 5.41) is 7.54. The third-order valence-electron chi connectivity index (χ3n) is 2.30. The molecule has 1 aromatic rings. The van der Waals surface area contributed by atoms with Crippen molar-refractivity contribution in [2.75, 3.05) is 0 Å². The first kappa shape index (κ1) is 14.6. The average Bonchev–Trinajstić information content (AvgIpc) is 2.18. The summed E-state index contributed by atoms with van der Waals surface area (Å²) >= 11 is 0. The molecule has 0 aliphatic carbocycles. The fourth-order valence-corrected chi connectivity index (χ4v) is 2.34. The first-order chi connectivity index (χ1) is 8.12. The first-order valence-electron chi connectivity index (χ1n) is 5.26. The van der Waals surface area contributed by atoms with Gasteiger partial charge < -0.3 is 5.32 Å². The summed E-state index contributed by atoms with van der Waals surface area (Å²) in [5.41, 5.74) is 0.102. The highest BCUT2D eigenvalue weighted by Gasteiger charge is 2.20. The summed E-state index contributed by atoms with van der Waals surface area (Å²) in [6.45, 7) is 4.90. The van der Waals surface area contributed by atoms with Crippen molar-refractivity contribution in [2.24, 2.45) is 5.14 Å². The van der Waals surface area contributed by atoms with Gasteiger partial charge in [0.05, 0.1) is 4.90 Å². The zero-order valence-electron chi connectivity index (χ0n) is 10.3. The molecule has 0 spiro atoms. The van der Waals surface area contributed by atoms with E-state index in [2.05, 4.69) is 5.32 Å². The molecule has 5 nitrogen and oxygen atoms in total. The number of carbonyl (C=O) groups excluding carboxylic acids is 1. The van der Waals surface area contributed by atoms with Gasteiger partial charge >= 0.3 is 0 Å². The molecule has 0 bridgehead atoms. The molecular formula is C11H15FN2O3S. The molecule has 0 aliphatic rings. The molecule has 0 atom stereocenters. The van der Waals surface area contributed by atoms with Crippen molar-refractivity contribution in [1.82, 2.24) is 5.32 Å². The number of sulfonamides is 1. The van der Waals surface area contributed by atoms with E-state index >= 15 is 0 Å². The number of nitrogens with one attached hydrogen (secondary N) is 1.